The predicted molar refractivity (Wildman–Crippen MR) is 87.4 cm³/mol. The van der Waals surface area contributed by atoms with Crippen molar-refractivity contribution in [2.24, 2.45) is 0 Å². The Morgan fingerprint density at radius 2 is 1.62 bits per heavy atom. The third-order valence-corrected chi connectivity index (χ3v) is 4.66. The normalized spacial score (nSPS) is 12.5. The molecule has 2 rings (SSSR count). The highest BCUT2D eigenvalue weighted by atomic mass is 32.2. The van der Waals surface area contributed by atoms with E-state index in [1.54, 1.807) is 12.1 Å². The summed E-state index contributed by atoms with van der Waals surface area (Å²) in [5, 5.41) is 1.46. The highest BCUT2D eigenvalue weighted by molar-refractivity contribution is 7.88. The average Bonchev–Trinajstić information content (AvgIpc) is 2.50. The van der Waals surface area contributed by atoms with Crippen molar-refractivity contribution in [3.8, 4) is 5.75 Å². The maximum absolute atomic E-state index is 12.3. The molecule has 0 spiro atoms. The molecule has 0 bridgehead atoms. The molecule has 0 saturated carbocycles. The van der Waals surface area contributed by atoms with Crippen LogP contribution in [-0.2, 0) is 16.5 Å². The van der Waals surface area contributed by atoms with E-state index >= 15 is 0 Å². The molecule has 0 aliphatic rings. The van der Waals surface area contributed by atoms with Gasteiger partial charge < -0.3 is 4.18 Å². The van der Waals surface area contributed by atoms with Crippen LogP contribution < -0.4 is 4.18 Å². The molecule has 0 heterocycles. The maximum Gasteiger partial charge on any atom is 0.534 e. The van der Waals surface area contributed by atoms with Crippen molar-refractivity contribution in [3.05, 3.63) is 42.0 Å². The van der Waals surface area contributed by atoms with Crippen LogP contribution in [0.5, 0.6) is 5.75 Å². The van der Waals surface area contributed by atoms with Crippen molar-refractivity contribution in [1.29, 1.82) is 0 Å². The topological polar surface area (TPSA) is 43.4 Å². The number of hydrogen-bond acceptors (Lipinski definition) is 3. The van der Waals surface area contributed by atoms with Crippen molar-refractivity contribution in [2.45, 2.75) is 44.5 Å². The van der Waals surface area contributed by atoms with E-state index in [0.29, 0.717) is 5.39 Å². The first-order valence-electron chi connectivity index (χ1n) is 7.76. The molecular weight excluding hydrogens is 341 g/mol. The Bertz CT molecular complexity index is 798. The number of rotatable bonds is 7. The fourth-order valence-electron chi connectivity index (χ4n) is 2.41. The summed E-state index contributed by atoms with van der Waals surface area (Å²) in [7, 11) is -5.65. The van der Waals surface area contributed by atoms with Gasteiger partial charge in [-0.15, -0.1) is 0 Å². The number of hydrogen-bond donors (Lipinski definition) is 0. The van der Waals surface area contributed by atoms with E-state index < -0.39 is 15.6 Å². The summed E-state index contributed by atoms with van der Waals surface area (Å²) >= 11 is 0. The fourth-order valence-corrected chi connectivity index (χ4v) is 2.86. The van der Waals surface area contributed by atoms with Crippen LogP contribution in [0.4, 0.5) is 13.2 Å². The van der Waals surface area contributed by atoms with Gasteiger partial charge in [0.2, 0.25) is 0 Å². The molecule has 2 aromatic rings. The maximum atomic E-state index is 12.3. The molecule has 7 heteroatoms. The summed E-state index contributed by atoms with van der Waals surface area (Å²) in [6.45, 7) is 2.15. The molecular formula is C17H19F3O3S. The van der Waals surface area contributed by atoms with Gasteiger partial charge in [-0.2, -0.15) is 21.6 Å². The summed E-state index contributed by atoms with van der Waals surface area (Å²) in [6.07, 6.45) is 5.56. The summed E-state index contributed by atoms with van der Waals surface area (Å²) in [6, 6.07) is 9.70. The molecule has 3 nitrogen and oxygen atoms in total. The zero-order chi connectivity index (χ0) is 17.8. The van der Waals surface area contributed by atoms with Gasteiger partial charge in [0.15, 0.2) is 0 Å². The van der Waals surface area contributed by atoms with Crippen LogP contribution >= 0.6 is 0 Å². The van der Waals surface area contributed by atoms with E-state index in [-0.39, 0.29) is 5.75 Å². The van der Waals surface area contributed by atoms with Gasteiger partial charge in [0.05, 0.1) is 0 Å². The molecule has 0 saturated heterocycles. The standard InChI is InChI=1S/C17H19F3O3S/c1-2-3-4-5-6-13-7-8-15-12-16(10-9-14(15)11-13)23-24(21,22)17(18,19)20/h7-12H,2-6H2,1H3. The predicted octanol–water partition coefficient (Wildman–Crippen LogP) is 5.19. The van der Waals surface area contributed by atoms with Crippen molar-refractivity contribution >= 4 is 20.9 Å². The molecule has 2 aromatic carbocycles. The first-order chi connectivity index (χ1) is 11.2. The minimum atomic E-state index is -5.65. The number of fused-ring (bicyclic) bond motifs is 1. The van der Waals surface area contributed by atoms with E-state index in [2.05, 4.69) is 11.1 Å². The molecule has 0 N–H and O–H groups in total. The highest BCUT2D eigenvalue weighted by Gasteiger charge is 2.48. The fraction of sp³-hybridized carbons (Fsp3) is 0.412. The highest BCUT2D eigenvalue weighted by Crippen LogP contribution is 2.29. The van der Waals surface area contributed by atoms with Crippen LogP contribution in [0, 0.1) is 0 Å². The van der Waals surface area contributed by atoms with Gasteiger partial charge in [0, 0.05) is 0 Å². The molecule has 0 aromatic heterocycles. The quantitative estimate of drug-likeness (QED) is 0.388. The van der Waals surface area contributed by atoms with Gasteiger partial charge in [0.25, 0.3) is 0 Å². The second-order valence-electron chi connectivity index (χ2n) is 5.64. The van der Waals surface area contributed by atoms with Crippen LogP contribution in [0.1, 0.15) is 38.2 Å². The third-order valence-electron chi connectivity index (χ3n) is 3.68. The monoisotopic (exact) mass is 360 g/mol. The molecule has 0 radical (unpaired) electrons. The van der Waals surface area contributed by atoms with Crippen LogP contribution in [0.3, 0.4) is 0 Å². The van der Waals surface area contributed by atoms with Gasteiger partial charge >= 0.3 is 15.6 Å². The van der Waals surface area contributed by atoms with Crippen molar-refractivity contribution in [2.75, 3.05) is 0 Å². The molecule has 0 atom stereocenters. The lowest BCUT2D eigenvalue weighted by Gasteiger charge is -2.10. The van der Waals surface area contributed by atoms with Gasteiger partial charge in [-0.05, 0) is 41.3 Å². The summed E-state index contributed by atoms with van der Waals surface area (Å²) in [5.74, 6) is -0.351. The number of alkyl halides is 3. The van der Waals surface area contributed by atoms with Gasteiger partial charge in [-0.25, -0.2) is 0 Å². The second kappa shape index (κ2) is 7.42. The Morgan fingerprint density at radius 3 is 2.29 bits per heavy atom. The first kappa shape index (κ1) is 18.6. The lowest BCUT2D eigenvalue weighted by Crippen LogP contribution is -2.28. The zero-order valence-electron chi connectivity index (χ0n) is 13.3. The van der Waals surface area contributed by atoms with Gasteiger partial charge in [-0.1, -0.05) is 50.5 Å². The Morgan fingerprint density at radius 1 is 0.958 bits per heavy atom. The lowest BCUT2D eigenvalue weighted by molar-refractivity contribution is -0.0500. The number of halogens is 3. The number of aryl methyl sites for hydroxylation is 1. The summed E-state index contributed by atoms with van der Waals surface area (Å²) in [4.78, 5) is 0. The Hall–Kier alpha value is -1.76. The largest absolute Gasteiger partial charge is 0.534 e. The summed E-state index contributed by atoms with van der Waals surface area (Å²) in [5.41, 5.74) is -4.29. The molecule has 0 unspecified atom stereocenters. The van der Waals surface area contributed by atoms with Crippen LogP contribution in [0.2, 0.25) is 0 Å². The second-order valence-corrected chi connectivity index (χ2v) is 7.17. The van der Waals surface area contributed by atoms with E-state index in [1.165, 1.54) is 25.0 Å². The molecule has 0 fully saturated rings. The molecule has 0 aliphatic carbocycles. The Balaban J connectivity index is 2.15. The zero-order valence-corrected chi connectivity index (χ0v) is 14.1. The third kappa shape index (κ3) is 4.63. The van der Waals surface area contributed by atoms with Gasteiger partial charge in [-0.3, -0.25) is 0 Å². The molecule has 132 valence electrons. The Kier molecular flexibility index (Phi) is 5.74. The number of benzene rings is 2. The van der Waals surface area contributed by atoms with E-state index in [9.17, 15) is 21.6 Å². The first-order valence-corrected chi connectivity index (χ1v) is 9.17. The van der Waals surface area contributed by atoms with Crippen molar-refractivity contribution in [3.63, 3.8) is 0 Å². The minimum Gasteiger partial charge on any atom is -0.376 e. The molecule has 24 heavy (non-hydrogen) atoms. The van der Waals surface area contributed by atoms with Crippen LogP contribution in [-0.4, -0.2) is 13.9 Å². The van der Waals surface area contributed by atoms with Crippen LogP contribution in [0.15, 0.2) is 36.4 Å². The lowest BCUT2D eigenvalue weighted by atomic mass is 10.0. The Labute approximate surface area is 139 Å². The van der Waals surface area contributed by atoms with Crippen molar-refractivity contribution in [1.82, 2.24) is 0 Å². The van der Waals surface area contributed by atoms with E-state index in [1.807, 2.05) is 12.1 Å². The molecule has 0 amide bonds. The SMILES string of the molecule is CCCCCCc1ccc2cc(OS(=O)(=O)C(F)(F)F)ccc2c1. The molecule has 0 aliphatic heterocycles. The van der Waals surface area contributed by atoms with E-state index in [4.69, 9.17) is 0 Å². The minimum absolute atomic E-state index is 0.351. The summed E-state index contributed by atoms with van der Waals surface area (Å²) < 4.78 is 63.3. The van der Waals surface area contributed by atoms with Crippen molar-refractivity contribution < 1.29 is 25.8 Å². The average molecular weight is 360 g/mol. The van der Waals surface area contributed by atoms with Gasteiger partial charge in [0.1, 0.15) is 5.75 Å². The van der Waals surface area contributed by atoms with E-state index in [0.717, 1.165) is 30.2 Å². The number of unbranched alkanes of at least 4 members (excludes halogenated alkanes) is 3. The van der Waals surface area contributed by atoms with Crippen LogP contribution in [0.25, 0.3) is 10.8 Å². The smallest absolute Gasteiger partial charge is 0.376 e.